The Labute approximate surface area is 117 Å². The number of nitrogens with zero attached hydrogens (tertiary/aromatic N) is 1. The molecule has 110 valence electrons. The van der Waals surface area contributed by atoms with E-state index in [4.69, 9.17) is 15.6 Å². The summed E-state index contributed by atoms with van der Waals surface area (Å²) in [5, 5.41) is 8.63. The molecule has 7 heteroatoms. The van der Waals surface area contributed by atoms with Crippen molar-refractivity contribution in [2.45, 2.75) is 31.3 Å². The zero-order valence-electron chi connectivity index (χ0n) is 11.2. The maximum absolute atomic E-state index is 12.3. The molecule has 1 aliphatic rings. The van der Waals surface area contributed by atoms with Gasteiger partial charge in [0.25, 0.3) is 0 Å². The van der Waals surface area contributed by atoms with Gasteiger partial charge < -0.3 is 20.5 Å². The maximum atomic E-state index is 12.3. The number of aliphatic carboxylic acids is 1. The minimum Gasteiger partial charge on any atom is -0.481 e. The lowest BCUT2D eigenvalue weighted by atomic mass is 10.1. The fourth-order valence-corrected chi connectivity index (χ4v) is 3.27. The number of hydrogen-bond donors (Lipinski definition) is 2. The van der Waals surface area contributed by atoms with Crippen molar-refractivity contribution >= 4 is 23.6 Å². The number of amides is 1. The fourth-order valence-electron chi connectivity index (χ4n) is 2.05. The molecule has 0 aromatic heterocycles. The van der Waals surface area contributed by atoms with E-state index in [1.54, 1.807) is 12.0 Å². The lowest BCUT2D eigenvalue weighted by molar-refractivity contribution is -0.138. The molecule has 1 heterocycles. The zero-order chi connectivity index (χ0) is 14.3. The molecule has 0 radical (unpaired) electrons. The van der Waals surface area contributed by atoms with Gasteiger partial charge >= 0.3 is 5.97 Å². The molecule has 1 fully saturated rings. The van der Waals surface area contributed by atoms with E-state index in [0.717, 1.165) is 17.9 Å². The number of carbonyl (C=O) groups excluding carboxylic acids is 1. The Kier molecular flexibility index (Phi) is 7.19. The first-order valence-corrected chi connectivity index (χ1v) is 7.56. The second-order valence-corrected chi connectivity index (χ2v) is 5.73. The van der Waals surface area contributed by atoms with Crippen molar-refractivity contribution in [3.63, 3.8) is 0 Å². The van der Waals surface area contributed by atoms with Crippen molar-refractivity contribution in [1.82, 2.24) is 4.90 Å². The second-order valence-electron chi connectivity index (χ2n) is 4.58. The smallest absolute Gasteiger partial charge is 0.303 e. The van der Waals surface area contributed by atoms with E-state index in [9.17, 15) is 9.59 Å². The highest BCUT2D eigenvalue weighted by atomic mass is 32.2. The lowest BCUT2D eigenvalue weighted by Gasteiger charge is -2.30. The Balaban J connectivity index is 2.56. The van der Waals surface area contributed by atoms with E-state index in [1.165, 1.54) is 0 Å². The molecular weight excluding hydrogens is 268 g/mol. The summed E-state index contributed by atoms with van der Waals surface area (Å²) < 4.78 is 5.02. The van der Waals surface area contributed by atoms with Crippen LogP contribution in [0.15, 0.2) is 0 Å². The first-order chi connectivity index (χ1) is 9.06. The number of thioether (sulfide) groups is 1. The van der Waals surface area contributed by atoms with Crippen LogP contribution in [0.1, 0.15) is 19.3 Å². The average Bonchev–Trinajstić information content (AvgIpc) is 2.90. The molecule has 19 heavy (non-hydrogen) atoms. The third-order valence-electron chi connectivity index (χ3n) is 3.15. The Hall–Kier alpha value is -0.790. The minimum atomic E-state index is -0.928. The molecule has 0 aliphatic carbocycles. The minimum absolute atomic E-state index is 0.0789. The van der Waals surface area contributed by atoms with Gasteiger partial charge in [-0.15, -0.1) is 0 Å². The fraction of sp³-hybridized carbons (Fsp3) is 0.833. The average molecular weight is 290 g/mol. The van der Waals surface area contributed by atoms with Crippen LogP contribution in [0.25, 0.3) is 0 Å². The summed E-state index contributed by atoms with van der Waals surface area (Å²) in [6.07, 6.45) is 1.06. The molecular formula is C12H22N2O4S. The Morgan fingerprint density at radius 3 is 2.84 bits per heavy atom. The number of methoxy groups -OCH3 is 1. The van der Waals surface area contributed by atoms with E-state index in [-0.39, 0.29) is 24.8 Å². The van der Waals surface area contributed by atoms with Crippen molar-refractivity contribution in [3.05, 3.63) is 0 Å². The topological polar surface area (TPSA) is 92.9 Å². The Morgan fingerprint density at radius 2 is 2.32 bits per heavy atom. The van der Waals surface area contributed by atoms with E-state index < -0.39 is 12.0 Å². The number of carboxylic acid groups (broad SMARTS) is 1. The quantitative estimate of drug-likeness (QED) is 0.661. The number of carbonyl (C=O) groups is 2. The van der Waals surface area contributed by atoms with Gasteiger partial charge in [0.05, 0.1) is 12.6 Å². The van der Waals surface area contributed by atoms with Gasteiger partial charge in [0.2, 0.25) is 5.91 Å². The number of nitrogens with two attached hydrogens (primary N) is 1. The summed E-state index contributed by atoms with van der Waals surface area (Å²) in [6.45, 7) is 0.986. The monoisotopic (exact) mass is 290 g/mol. The molecule has 0 aromatic carbocycles. The molecule has 0 saturated carbocycles. The molecule has 1 amide bonds. The first-order valence-electron chi connectivity index (χ1n) is 6.40. The van der Waals surface area contributed by atoms with Crippen molar-refractivity contribution in [1.29, 1.82) is 0 Å². The van der Waals surface area contributed by atoms with Crippen molar-refractivity contribution in [2.24, 2.45) is 5.73 Å². The molecule has 3 N–H and O–H groups in total. The molecule has 2 unspecified atom stereocenters. The summed E-state index contributed by atoms with van der Waals surface area (Å²) in [5.74, 6) is 0.876. The van der Waals surface area contributed by atoms with Gasteiger partial charge in [-0.25, -0.2) is 0 Å². The predicted octanol–water partition coefficient (Wildman–Crippen LogP) is 0.159. The van der Waals surface area contributed by atoms with Gasteiger partial charge in [0.1, 0.15) is 0 Å². The first kappa shape index (κ1) is 16.3. The van der Waals surface area contributed by atoms with E-state index >= 15 is 0 Å². The van der Waals surface area contributed by atoms with Gasteiger partial charge in [-0.3, -0.25) is 9.59 Å². The predicted molar refractivity (Wildman–Crippen MR) is 74.2 cm³/mol. The summed E-state index contributed by atoms with van der Waals surface area (Å²) in [4.78, 5) is 24.6. The molecule has 6 nitrogen and oxygen atoms in total. The Bertz CT molecular complexity index is 308. The van der Waals surface area contributed by atoms with Crippen LogP contribution in [0.3, 0.4) is 0 Å². The van der Waals surface area contributed by atoms with Crippen LogP contribution in [-0.2, 0) is 14.3 Å². The SMILES string of the molecule is COCCN(C(=O)C(N)CCC(=O)O)C1CCSC1. The van der Waals surface area contributed by atoms with Gasteiger partial charge in [-0.05, 0) is 18.6 Å². The number of carboxylic acids is 1. The largest absolute Gasteiger partial charge is 0.481 e. The highest BCUT2D eigenvalue weighted by molar-refractivity contribution is 7.99. The van der Waals surface area contributed by atoms with Crippen LogP contribution in [0.2, 0.25) is 0 Å². The molecule has 1 aliphatic heterocycles. The molecule has 2 atom stereocenters. The third-order valence-corrected chi connectivity index (χ3v) is 4.30. The Morgan fingerprint density at radius 1 is 1.58 bits per heavy atom. The number of hydrogen-bond acceptors (Lipinski definition) is 5. The van der Waals surface area contributed by atoms with Crippen LogP contribution in [-0.4, -0.2) is 65.7 Å². The molecule has 1 saturated heterocycles. The number of rotatable bonds is 8. The van der Waals surface area contributed by atoms with E-state index in [2.05, 4.69) is 0 Å². The lowest BCUT2D eigenvalue weighted by Crippen LogP contribution is -2.50. The second kappa shape index (κ2) is 8.39. The van der Waals surface area contributed by atoms with Crippen LogP contribution >= 0.6 is 11.8 Å². The summed E-state index contributed by atoms with van der Waals surface area (Å²) in [6, 6.07) is -0.540. The van der Waals surface area contributed by atoms with Gasteiger partial charge in [-0.1, -0.05) is 0 Å². The van der Waals surface area contributed by atoms with E-state index in [0.29, 0.717) is 13.2 Å². The summed E-state index contributed by atoms with van der Waals surface area (Å²) in [5.41, 5.74) is 5.80. The molecule has 1 rings (SSSR count). The third kappa shape index (κ3) is 5.38. The molecule has 0 bridgehead atoms. The van der Waals surface area contributed by atoms with Gasteiger partial charge in [-0.2, -0.15) is 11.8 Å². The van der Waals surface area contributed by atoms with Gasteiger partial charge in [0, 0.05) is 31.9 Å². The molecule has 0 aromatic rings. The normalized spacial score (nSPS) is 20.2. The summed E-state index contributed by atoms with van der Waals surface area (Å²) >= 11 is 1.82. The highest BCUT2D eigenvalue weighted by Crippen LogP contribution is 2.23. The van der Waals surface area contributed by atoms with Crippen LogP contribution in [0.5, 0.6) is 0 Å². The van der Waals surface area contributed by atoms with Crippen LogP contribution in [0, 0.1) is 0 Å². The maximum Gasteiger partial charge on any atom is 0.303 e. The standard InChI is InChI=1S/C12H22N2O4S/c1-18-6-5-14(9-4-7-19-8-9)12(17)10(13)2-3-11(15)16/h9-10H,2-8,13H2,1H3,(H,15,16). The van der Waals surface area contributed by atoms with Gasteiger partial charge in [0.15, 0.2) is 0 Å². The summed E-state index contributed by atoms with van der Waals surface area (Å²) in [7, 11) is 1.59. The number of ether oxygens (including phenoxy) is 1. The van der Waals surface area contributed by atoms with Crippen LogP contribution < -0.4 is 5.73 Å². The van der Waals surface area contributed by atoms with Crippen molar-refractivity contribution in [2.75, 3.05) is 31.8 Å². The van der Waals surface area contributed by atoms with E-state index in [1.807, 2.05) is 11.8 Å². The van der Waals surface area contributed by atoms with Crippen molar-refractivity contribution in [3.8, 4) is 0 Å². The molecule has 0 spiro atoms. The highest BCUT2D eigenvalue weighted by Gasteiger charge is 2.29. The van der Waals surface area contributed by atoms with Crippen LogP contribution in [0.4, 0.5) is 0 Å². The zero-order valence-corrected chi connectivity index (χ0v) is 12.0. The van der Waals surface area contributed by atoms with Crippen molar-refractivity contribution < 1.29 is 19.4 Å².